The van der Waals surface area contributed by atoms with E-state index in [-0.39, 0.29) is 5.60 Å². The van der Waals surface area contributed by atoms with E-state index in [1.807, 2.05) is 32.9 Å². The number of hydrogen-bond donors (Lipinski definition) is 1. The van der Waals surface area contributed by atoms with E-state index >= 15 is 0 Å². The van der Waals surface area contributed by atoms with E-state index in [2.05, 4.69) is 53.9 Å². The van der Waals surface area contributed by atoms with Crippen molar-refractivity contribution in [1.82, 2.24) is 4.98 Å². The highest BCUT2D eigenvalue weighted by Crippen LogP contribution is 2.38. The topological polar surface area (TPSA) is 60.5 Å². The van der Waals surface area contributed by atoms with Crippen LogP contribution >= 0.6 is 0 Å². The summed E-state index contributed by atoms with van der Waals surface area (Å²) >= 11 is 0. The summed E-state index contributed by atoms with van der Waals surface area (Å²) in [7, 11) is 3.32. The molecule has 0 aliphatic rings. The Morgan fingerprint density at radius 3 is 2.14 bits per heavy atom. The van der Waals surface area contributed by atoms with Gasteiger partial charge in [-0.25, -0.2) is 0 Å². The van der Waals surface area contributed by atoms with Crippen molar-refractivity contribution >= 4 is 17.4 Å². The van der Waals surface area contributed by atoms with E-state index in [4.69, 9.17) is 9.47 Å². The van der Waals surface area contributed by atoms with Crippen LogP contribution < -0.4 is 9.47 Å². The molecular weight excluding hydrogens is 366 g/mol. The van der Waals surface area contributed by atoms with E-state index in [1.165, 1.54) is 10.9 Å². The summed E-state index contributed by atoms with van der Waals surface area (Å²) in [5, 5.41) is 1.28. The summed E-state index contributed by atoms with van der Waals surface area (Å²) < 4.78 is 15.3. The van der Waals surface area contributed by atoms with E-state index < -0.39 is 0 Å². The maximum absolute atomic E-state index is 9.60. The van der Waals surface area contributed by atoms with Gasteiger partial charge in [0.15, 0.2) is 11.5 Å². The summed E-state index contributed by atoms with van der Waals surface area (Å²) in [6.07, 6.45) is 0. The van der Waals surface area contributed by atoms with Gasteiger partial charge in [-0.15, -0.1) is 0 Å². The first kappa shape index (κ1) is 22.3. The molecule has 5 heteroatoms. The second-order valence-electron chi connectivity index (χ2n) is 8.01. The number of carbonyl (C=O) groups excluding carboxylic acids is 1. The molecule has 29 heavy (non-hydrogen) atoms. The summed E-state index contributed by atoms with van der Waals surface area (Å²) in [4.78, 5) is 13.2. The van der Waals surface area contributed by atoms with Crippen LogP contribution in [-0.2, 0) is 9.53 Å². The van der Waals surface area contributed by atoms with Gasteiger partial charge >= 0.3 is 0 Å². The fraction of sp³-hybridized carbons (Fsp3) is 0.375. The lowest BCUT2D eigenvalue weighted by Gasteiger charge is -2.14. The predicted octanol–water partition coefficient (Wildman–Crippen LogP) is 5.93. The van der Waals surface area contributed by atoms with Gasteiger partial charge in [0.1, 0.15) is 5.60 Å². The molecule has 0 bridgehead atoms. The molecule has 3 aromatic rings. The largest absolute Gasteiger partial charge is 0.493 e. The fourth-order valence-corrected chi connectivity index (χ4v) is 3.13. The first-order chi connectivity index (χ1) is 13.7. The summed E-state index contributed by atoms with van der Waals surface area (Å²) in [5.41, 5.74) is 4.44. The molecule has 0 atom stereocenters. The van der Waals surface area contributed by atoms with Gasteiger partial charge in [-0.05, 0) is 56.5 Å². The molecule has 1 heterocycles. The van der Waals surface area contributed by atoms with Gasteiger partial charge in [0, 0.05) is 16.5 Å². The zero-order chi connectivity index (χ0) is 21.6. The van der Waals surface area contributed by atoms with E-state index in [0.717, 1.165) is 28.3 Å². The van der Waals surface area contributed by atoms with Crippen LogP contribution in [0, 0.1) is 0 Å². The van der Waals surface area contributed by atoms with Crippen molar-refractivity contribution in [3.63, 3.8) is 0 Å². The summed E-state index contributed by atoms with van der Waals surface area (Å²) in [6, 6.07) is 14.5. The molecule has 3 rings (SSSR count). The smallest absolute Gasteiger partial charge is 0.293 e. The Bertz CT molecular complexity index is 951. The zero-order valence-electron chi connectivity index (χ0n) is 18.3. The van der Waals surface area contributed by atoms with Crippen LogP contribution in [0.2, 0.25) is 0 Å². The number of methoxy groups -OCH3 is 2. The SMILES string of the molecule is CC(C)(C)OC=O.COc1ccc(-c2[nH]c3ccccc3c2C(C)C)cc1OC. The molecule has 2 aromatic carbocycles. The van der Waals surface area contributed by atoms with Crippen molar-refractivity contribution in [3.05, 3.63) is 48.0 Å². The highest BCUT2D eigenvalue weighted by molar-refractivity contribution is 5.91. The number of H-pyrrole nitrogens is 1. The number of ether oxygens (including phenoxy) is 3. The molecule has 1 aromatic heterocycles. The van der Waals surface area contributed by atoms with Crippen LogP contribution in [-0.4, -0.2) is 31.3 Å². The maximum Gasteiger partial charge on any atom is 0.293 e. The average Bonchev–Trinajstić information content (AvgIpc) is 3.06. The molecule has 0 aliphatic carbocycles. The van der Waals surface area contributed by atoms with Gasteiger partial charge in [0.25, 0.3) is 6.47 Å². The number of rotatable bonds is 5. The molecule has 5 nitrogen and oxygen atoms in total. The predicted molar refractivity (Wildman–Crippen MR) is 118 cm³/mol. The van der Waals surface area contributed by atoms with Crippen LogP contribution in [0.4, 0.5) is 0 Å². The Morgan fingerprint density at radius 2 is 1.62 bits per heavy atom. The van der Waals surface area contributed by atoms with Crippen LogP contribution in [0.15, 0.2) is 42.5 Å². The monoisotopic (exact) mass is 397 g/mol. The molecule has 156 valence electrons. The second kappa shape index (κ2) is 9.50. The Balaban J connectivity index is 0.000000370. The fourth-order valence-electron chi connectivity index (χ4n) is 3.13. The van der Waals surface area contributed by atoms with Crippen molar-refractivity contribution < 1.29 is 19.0 Å². The summed E-state index contributed by atoms with van der Waals surface area (Å²) in [5.74, 6) is 1.92. The Labute approximate surface area is 173 Å². The number of fused-ring (bicyclic) bond motifs is 1. The third-order valence-electron chi connectivity index (χ3n) is 4.40. The van der Waals surface area contributed by atoms with E-state index in [9.17, 15) is 4.79 Å². The number of aromatic amines is 1. The third kappa shape index (κ3) is 5.53. The molecule has 1 N–H and O–H groups in total. The molecule has 0 radical (unpaired) electrons. The highest BCUT2D eigenvalue weighted by atomic mass is 16.5. The number of para-hydroxylation sites is 1. The average molecular weight is 398 g/mol. The van der Waals surface area contributed by atoms with Crippen LogP contribution in [0.1, 0.15) is 46.1 Å². The molecule has 0 saturated carbocycles. The number of benzene rings is 2. The zero-order valence-corrected chi connectivity index (χ0v) is 18.3. The molecule has 0 aliphatic heterocycles. The normalized spacial score (nSPS) is 11.0. The van der Waals surface area contributed by atoms with Gasteiger partial charge in [0.05, 0.1) is 19.9 Å². The lowest BCUT2D eigenvalue weighted by Crippen LogP contribution is -2.17. The number of aromatic nitrogens is 1. The van der Waals surface area contributed by atoms with Gasteiger partial charge in [-0.1, -0.05) is 32.0 Å². The lowest BCUT2D eigenvalue weighted by molar-refractivity contribution is -0.138. The number of carbonyl (C=O) groups is 1. The van der Waals surface area contributed by atoms with Crippen molar-refractivity contribution in [2.24, 2.45) is 0 Å². The lowest BCUT2D eigenvalue weighted by atomic mass is 9.96. The minimum absolute atomic E-state index is 0.318. The number of hydrogen-bond acceptors (Lipinski definition) is 4. The minimum atomic E-state index is -0.318. The maximum atomic E-state index is 9.60. The Hall–Kier alpha value is -2.95. The Kier molecular flexibility index (Phi) is 7.32. The van der Waals surface area contributed by atoms with Crippen LogP contribution in [0.5, 0.6) is 11.5 Å². The Morgan fingerprint density at radius 1 is 0.966 bits per heavy atom. The molecular formula is C24H31NO4. The molecule has 0 spiro atoms. The van der Waals surface area contributed by atoms with Crippen molar-refractivity contribution in [3.8, 4) is 22.8 Å². The van der Waals surface area contributed by atoms with Gasteiger partial charge in [0.2, 0.25) is 0 Å². The van der Waals surface area contributed by atoms with E-state index in [0.29, 0.717) is 12.4 Å². The van der Waals surface area contributed by atoms with Gasteiger partial charge in [-0.3, -0.25) is 4.79 Å². The van der Waals surface area contributed by atoms with Gasteiger partial charge < -0.3 is 19.2 Å². The first-order valence-corrected chi connectivity index (χ1v) is 9.66. The van der Waals surface area contributed by atoms with Crippen LogP contribution in [0.25, 0.3) is 22.2 Å². The van der Waals surface area contributed by atoms with E-state index in [1.54, 1.807) is 14.2 Å². The molecule has 0 unspecified atom stereocenters. The molecule has 0 amide bonds. The van der Waals surface area contributed by atoms with Crippen molar-refractivity contribution in [1.29, 1.82) is 0 Å². The molecule has 0 saturated heterocycles. The van der Waals surface area contributed by atoms with Crippen molar-refractivity contribution in [2.75, 3.05) is 14.2 Å². The number of nitrogens with one attached hydrogen (secondary N) is 1. The highest BCUT2D eigenvalue weighted by Gasteiger charge is 2.17. The van der Waals surface area contributed by atoms with Crippen molar-refractivity contribution in [2.45, 2.75) is 46.1 Å². The third-order valence-corrected chi connectivity index (χ3v) is 4.40. The quantitative estimate of drug-likeness (QED) is 0.542. The summed E-state index contributed by atoms with van der Waals surface area (Å²) in [6.45, 7) is 10.4. The second-order valence-corrected chi connectivity index (χ2v) is 8.01. The minimum Gasteiger partial charge on any atom is -0.493 e. The standard InChI is InChI=1S/C19H21NO2.C5H10O2/c1-12(2)18-14-7-5-6-8-15(14)20-19(18)13-9-10-16(21-3)17(11-13)22-4;1-5(2,3)7-4-6/h5-12,20H,1-4H3;4H,1-3H3. The molecule has 0 fully saturated rings. The first-order valence-electron chi connectivity index (χ1n) is 9.66. The van der Waals surface area contributed by atoms with Gasteiger partial charge in [-0.2, -0.15) is 0 Å². The van der Waals surface area contributed by atoms with Crippen LogP contribution in [0.3, 0.4) is 0 Å².